The molecule has 142 valence electrons. The highest BCUT2D eigenvalue weighted by molar-refractivity contribution is 8.00. The molecular formula is C17H15FN2O6S. The third kappa shape index (κ3) is 3.65. The van der Waals surface area contributed by atoms with Crippen LogP contribution in [0.2, 0.25) is 0 Å². The molecule has 2 heterocycles. The van der Waals surface area contributed by atoms with E-state index in [2.05, 4.69) is 5.32 Å². The number of carbonyl (C=O) groups is 4. The number of ether oxygens (including phenoxy) is 1. The van der Waals surface area contributed by atoms with Crippen molar-refractivity contribution >= 4 is 35.5 Å². The molecule has 1 saturated heterocycles. The Morgan fingerprint density at radius 1 is 1.41 bits per heavy atom. The van der Waals surface area contributed by atoms with E-state index in [4.69, 9.17) is 4.74 Å². The van der Waals surface area contributed by atoms with E-state index in [-0.39, 0.29) is 23.6 Å². The number of hydrogen-bond acceptors (Lipinski definition) is 6. The van der Waals surface area contributed by atoms with Crippen molar-refractivity contribution in [2.45, 2.75) is 18.3 Å². The number of hydrogen-bond donors (Lipinski definition) is 2. The summed E-state index contributed by atoms with van der Waals surface area (Å²) in [6, 6.07) is 4.10. The fourth-order valence-electron chi connectivity index (χ4n) is 2.84. The second-order valence-electron chi connectivity index (χ2n) is 5.91. The number of thioether (sulfide) groups is 1. The Labute approximate surface area is 157 Å². The lowest BCUT2D eigenvalue weighted by Crippen LogP contribution is -2.70. The number of fused-ring (bicyclic) bond motifs is 1. The number of aliphatic carboxylic acids is 1. The van der Waals surface area contributed by atoms with E-state index < -0.39 is 41.0 Å². The summed E-state index contributed by atoms with van der Waals surface area (Å²) in [5.41, 5.74) is 0.134. The Morgan fingerprint density at radius 2 is 2.15 bits per heavy atom. The maximum absolute atomic E-state index is 13.3. The van der Waals surface area contributed by atoms with Crippen LogP contribution in [-0.2, 0) is 19.1 Å². The average molecular weight is 394 g/mol. The minimum Gasteiger partial charge on any atom is -0.477 e. The second-order valence-corrected chi connectivity index (χ2v) is 7.01. The second kappa shape index (κ2) is 7.39. The largest absolute Gasteiger partial charge is 0.477 e. The lowest BCUT2D eigenvalue weighted by molar-refractivity contribution is -0.149. The van der Waals surface area contributed by atoms with Gasteiger partial charge in [0.15, 0.2) is 0 Å². The van der Waals surface area contributed by atoms with Crippen LogP contribution in [0.1, 0.15) is 17.3 Å². The molecule has 1 aromatic carbocycles. The molecule has 0 aliphatic carbocycles. The summed E-state index contributed by atoms with van der Waals surface area (Å²) in [4.78, 5) is 48.3. The highest BCUT2D eigenvalue weighted by atomic mass is 32.2. The van der Waals surface area contributed by atoms with Crippen LogP contribution in [0, 0.1) is 5.82 Å². The molecule has 2 N–H and O–H groups in total. The fourth-order valence-corrected chi connectivity index (χ4v) is 4.16. The number of carboxylic acid groups (broad SMARTS) is 1. The van der Waals surface area contributed by atoms with Gasteiger partial charge in [-0.25, -0.2) is 9.18 Å². The SMILES string of the molecule is CC(=O)OCC1=C(C(=O)O)N2C(=O)[C@@H](NC(=O)c3cccc(F)c3)[C@@H]2SC1. The van der Waals surface area contributed by atoms with E-state index >= 15 is 0 Å². The molecule has 0 saturated carbocycles. The molecule has 0 spiro atoms. The molecule has 0 aromatic heterocycles. The van der Waals surface area contributed by atoms with Crippen molar-refractivity contribution in [3.8, 4) is 0 Å². The normalized spacial score (nSPS) is 21.3. The zero-order valence-electron chi connectivity index (χ0n) is 14.1. The van der Waals surface area contributed by atoms with E-state index in [1.54, 1.807) is 0 Å². The summed E-state index contributed by atoms with van der Waals surface area (Å²) < 4.78 is 18.1. The van der Waals surface area contributed by atoms with Crippen LogP contribution in [-0.4, -0.2) is 57.5 Å². The van der Waals surface area contributed by atoms with Gasteiger partial charge in [-0.3, -0.25) is 19.3 Å². The van der Waals surface area contributed by atoms with Crippen LogP contribution >= 0.6 is 11.8 Å². The van der Waals surface area contributed by atoms with Crippen LogP contribution in [0.4, 0.5) is 4.39 Å². The molecule has 2 aliphatic heterocycles. The van der Waals surface area contributed by atoms with E-state index in [0.717, 1.165) is 11.0 Å². The summed E-state index contributed by atoms with van der Waals surface area (Å²) in [5, 5.41) is 11.4. The molecular weight excluding hydrogens is 379 g/mol. The number of halogens is 1. The molecule has 1 aromatic rings. The molecule has 3 rings (SSSR count). The van der Waals surface area contributed by atoms with Gasteiger partial charge in [-0.1, -0.05) is 6.07 Å². The Bertz CT molecular complexity index is 871. The number of nitrogens with zero attached hydrogens (tertiary/aromatic N) is 1. The number of esters is 1. The molecule has 1 fully saturated rings. The van der Waals surface area contributed by atoms with Crippen molar-refractivity contribution in [2.75, 3.05) is 12.4 Å². The predicted molar refractivity (Wildman–Crippen MR) is 92.0 cm³/mol. The number of carboxylic acids is 1. The standard InChI is InChI=1S/C17H15FN2O6S/c1-8(21)26-6-10-7-27-16-12(15(23)20(16)13(10)17(24)25)19-14(22)9-3-2-4-11(18)5-9/h2-5,12,16H,6-7H2,1H3,(H,19,22)(H,24,25)/t12-,16+/m1/s1. The van der Waals surface area contributed by atoms with Crippen molar-refractivity contribution in [2.24, 2.45) is 0 Å². The van der Waals surface area contributed by atoms with Gasteiger partial charge in [0.05, 0.1) is 0 Å². The van der Waals surface area contributed by atoms with Gasteiger partial charge in [0, 0.05) is 23.8 Å². The molecule has 0 radical (unpaired) electrons. The van der Waals surface area contributed by atoms with Crippen molar-refractivity contribution in [3.63, 3.8) is 0 Å². The first kappa shape index (κ1) is 18.9. The van der Waals surface area contributed by atoms with Crippen LogP contribution < -0.4 is 5.32 Å². The Hall–Kier alpha value is -2.88. The van der Waals surface area contributed by atoms with Gasteiger partial charge in [0.1, 0.15) is 29.5 Å². The Morgan fingerprint density at radius 3 is 2.78 bits per heavy atom. The number of carbonyl (C=O) groups excluding carboxylic acids is 3. The van der Waals surface area contributed by atoms with Crippen molar-refractivity contribution in [1.82, 2.24) is 10.2 Å². The maximum atomic E-state index is 13.3. The number of nitrogens with one attached hydrogen (secondary N) is 1. The Balaban J connectivity index is 1.76. The monoisotopic (exact) mass is 394 g/mol. The molecule has 10 heteroatoms. The average Bonchev–Trinajstić information content (AvgIpc) is 2.63. The summed E-state index contributed by atoms with van der Waals surface area (Å²) >= 11 is 1.25. The highest BCUT2D eigenvalue weighted by Gasteiger charge is 2.54. The first-order valence-electron chi connectivity index (χ1n) is 7.89. The molecule has 0 unspecified atom stereocenters. The summed E-state index contributed by atoms with van der Waals surface area (Å²) in [5.74, 6) is -3.44. The maximum Gasteiger partial charge on any atom is 0.352 e. The fraction of sp³-hybridized carbons (Fsp3) is 0.294. The highest BCUT2D eigenvalue weighted by Crippen LogP contribution is 2.40. The van der Waals surface area contributed by atoms with Crippen LogP contribution in [0.15, 0.2) is 35.5 Å². The lowest BCUT2D eigenvalue weighted by Gasteiger charge is -2.49. The number of benzene rings is 1. The van der Waals surface area contributed by atoms with Crippen LogP contribution in [0.25, 0.3) is 0 Å². The van der Waals surface area contributed by atoms with Gasteiger partial charge >= 0.3 is 11.9 Å². The molecule has 2 aliphatic rings. The third-order valence-electron chi connectivity index (χ3n) is 4.07. The number of rotatable bonds is 5. The molecule has 2 atom stereocenters. The summed E-state index contributed by atoms with van der Waals surface area (Å²) in [6.07, 6.45) is 0. The van der Waals surface area contributed by atoms with E-state index in [0.29, 0.717) is 5.57 Å². The van der Waals surface area contributed by atoms with Gasteiger partial charge in [-0.05, 0) is 18.2 Å². The van der Waals surface area contributed by atoms with Crippen molar-refractivity contribution in [1.29, 1.82) is 0 Å². The quantitative estimate of drug-likeness (QED) is 0.559. The van der Waals surface area contributed by atoms with Crippen LogP contribution in [0.5, 0.6) is 0 Å². The zero-order chi connectivity index (χ0) is 19.7. The van der Waals surface area contributed by atoms with E-state index in [1.807, 2.05) is 0 Å². The third-order valence-corrected chi connectivity index (χ3v) is 5.41. The molecule has 2 amide bonds. The molecule has 8 nitrogen and oxygen atoms in total. The van der Waals surface area contributed by atoms with Crippen LogP contribution in [0.3, 0.4) is 0 Å². The first-order valence-corrected chi connectivity index (χ1v) is 8.94. The topological polar surface area (TPSA) is 113 Å². The zero-order valence-corrected chi connectivity index (χ0v) is 14.9. The lowest BCUT2D eigenvalue weighted by atomic mass is 10.0. The van der Waals surface area contributed by atoms with Gasteiger partial charge in [0.2, 0.25) is 0 Å². The first-order chi connectivity index (χ1) is 12.8. The number of amides is 2. The summed E-state index contributed by atoms with van der Waals surface area (Å²) in [6.45, 7) is 0.979. The smallest absolute Gasteiger partial charge is 0.352 e. The van der Waals surface area contributed by atoms with E-state index in [1.165, 1.54) is 36.9 Å². The molecule has 27 heavy (non-hydrogen) atoms. The van der Waals surface area contributed by atoms with Crippen molar-refractivity contribution < 1.29 is 33.4 Å². The number of β-lactam (4-membered cyclic amide) rings is 1. The van der Waals surface area contributed by atoms with E-state index in [9.17, 15) is 28.7 Å². The summed E-state index contributed by atoms with van der Waals surface area (Å²) in [7, 11) is 0. The van der Waals surface area contributed by atoms with Gasteiger partial charge in [-0.15, -0.1) is 11.8 Å². The minimum absolute atomic E-state index is 0.0617. The van der Waals surface area contributed by atoms with Gasteiger partial charge in [-0.2, -0.15) is 0 Å². The predicted octanol–water partition coefficient (Wildman–Crippen LogP) is 0.741. The van der Waals surface area contributed by atoms with Gasteiger partial charge < -0.3 is 15.2 Å². The minimum atomic E-state index is -1.31. The molecule has 0 bridgehead atoms. The Kier molecular flexibility index (Phi) is 5.17. The van der Waals surface area contributed by atoms with Crippen molar-refractivity contribution in [3.05, 3.63) is 46.9 Å². The van der Waals surface area contributed by atoms with Gasteiger partial charge in [0.25, 0.3) is 11.8 Å².